The van der Waals surface area contributed by atoms with Crippen LogP contribution in [0.25, 0.3) is 0 Å². The van der Waals surface area contributed by atoms with Gasteiger partial charge in [0, 0.05) is 29.7 Å². The summed E-state index contributed by atoms with van der Waals surface area (Å²) in [5.41, 5.74) is 11.8. The molecular formula is C9H20N2OS. The van der Waals surface area contributed by atoms with E-state index in [2.05, 4.69) is 0 Å². The highest BCUT2D eigenvalue weighted by Crippen LogP contribution is 2.28. The lowest BCUT2D eigenvalue weighted by molar-refractivity contribution is 0.282. The normalized spacial score (nSPS) is 33.9. The molecule has 3 atom stereocenters. The number of hydrogen-bond donors (Lipinski definition) is 3. The molecule has 0 radical (unpaired) electrons. The van der Waals surface area contributed by atoms with Gasteiger partial charge in [-0.1, -0.05) is 12.8 Å². The Morgan fingerprint density at radius 3 is 2.54 bits per heavy atom. The minimum atomic E-state index is 0.180. The number of hydrogen-bond acceptors (Lipinski definition) is 4. The molecule has 0 aromatic rings. The van der Waals surface area contributed by atoms with Crippen molar-refractivity contribution in [3.05, 3.63) is 0 Å². The number of rotatable bonds is 5. The summed E-state index contributed by atoms with van der Waals surface area (Å²) in [6.07, 6.45) is 4.34. The molecule has 0 aromatic heterocycles. The monoisotopic (exact) mass is 204 g/mol. The van der Waals surface area contributed by atoms with Crippen molar-refractivity contribution in [1.82, 2.24) is 0 Å². The third kappa shape index (κ3) is 3.46. The Bertz CT molecular complexity index is 146. The van der Waals surface area contributed by atoms with Crippen LogP contribution < -0.4 is 11.5 Å². The summed E-state index contributed by atoms with van der Waals surface area (Å²) in [4.78, 5) is 0. The minimum Gasteiger partial charge on any atom is -0.396 e. The van der Waals surface area contributed by atoms with E-state index in [0.717, 1.165) is 25.0 Å². The first-order chi connectivity index (χ1) is 6.25. The standard InChI is InChI=1S/C9H20N2OS/c10-7-6-13-8(9(7)11)4-2-1-3-5-12/h7-9,12H,1-6,10-11H2. The molecule has 0 aromatic carbocycles. The Morgan fingerprint density at radius 2 is 2.00 bits per heavy atom. The zero-order chi connectivity index (χ0) is 9.68. The molecule has 1 saturated heterocycles. The topological polar surface area (TPSA) is 72.3 Å². The van der Waals surface area contributed by atoms with Crippen molar-refractivity contribution in [2.75, 3.05) is 12.4 Å². The highest BCUT2D eigenvalue weighted by Gasteiger charge is 2.30. The van der Waals surface area contributed by atoms with Gasteiger partial charge in [0.15, 0.2) is 0 Å². The maximum atomic E-state index is 8.60. The van der Waals surface area contributed by atoms with E-state index < -0.39 is 0 Å². The van der Waals surface area contributed by atoms with E-state index in [9.17, 15) is 0 Å². The summed E-state index contributed by atoms with van der Waals surface area (Å²) >= 11 is 1.90. The van der Waals surface area contributed by atoms with Gasteiger partial charge in [-0.2, -0.15) is 11.8 Å². The van der Waals surface area contributed by atoms with E-state index >= 15 is 0 Å². The summed E-state index contributed by atoms with van der Waals surface area (Å²) in [5, 5.41) is 9.15. The highest BCUT2D eigenvalue weighted by atomic mass is 32.2. The van der Waals surface area contributed by atoms with Gasteiger partial charge in [0.2, 0.25) is 0 Å². The third-order valence-corrected chi connectivity index (χ3v) is 4.13. The maximum Gasteiger partial charge on any atom is 0.0431 e. The van der Waals surface area contributed by atoms with Crippen LogP contribution in [0.3, 0.4) is 0 Å². The number of unbranched alkanes of at least 4 members (excludes halogenated alkanes) is 2. The van der Waals surface area contributed by atoms with Gasteiger partial charge < -0.3 is 16.6 Å². The summed E-state index contributed by atoms with van der Waals surface area (Å²) in [5.74, 6) is 1.01. The molecule has 1 fully saturated rings. The Labute approximate surface area is 84.3 Å². The van der Waals surface area contributed by atoms with Gasteiger partial charge in [-0.25, -0.2) is 0 Å². The molecule has 3 unspecified atom stereocenters. The van der Waals surface area contributed by atoms with Crippen molar-refractivity contribution in [2.45, 2.75) is 43.0 Å². The summed E-state index contributed by atoms with van der Waals surface area (Å²) < 4.78 is 0. The van der Waals surface area contributed by atoms with E-state index in [1.54, 1.807) is 0 Å². The molecule has 0 spiro atoms. The molecule has 0 amide bonds. The number of aliphatic hydroxyl groups is 1. The minimum absolute atomic E-state index is 0.180. The molecule has 0 saturated carbocycles. The number of thioether (sulfide) groups is 1. The molecule has 1 rings (SSSR count). The van der Waals surface area contributed by atoms with Crippen LogP contribution in [0.15, 0.2) is 0 Å². The lowest BCUT2D eigenvalue weighted by atomic mass is 10.0. The molecule has 1 heterocycles. The van der Waals surface area contributed by atoms with Gasteiger partial charge >= 0.3 is 0 Å². The fraction of sp³-hybridized carbons (Fsp3) is 1.00. The van der Waals surface area contributed by atoms with Crippen LogP contribution in [0.4, 0.5) is 0 Å². The van der Waals surface area contributed by atoms with Crippen LogP contribution in [0, 0.1) is 0 Å². The van der Waals surface area contributed by atoms with Crippen molar-refractivity contribution < 1.29 is 5.11 Å². The van der Waals surface area contributed by atoms with Crippen molar-refractivity contribution in [1.29, 1.82) is 0 Å². The first-order valence-electron chi connectivity index (χ1n) is 4.99. The predicted molar refractivity (Wildman–Crippen MR) is 57.8 cm³/mol. The van der Waals surface area contributed by atoms with Crippen LogP contribution in [0.1, 0.15) is 25.7 Å². The smallest absolute Gasteiger partial charge is 0.0431 e. The molecule has 5 N–H and O–H groups in total. The van der Waals surface area contributed by atoms with E-state index in [4.69, 9.17) is 16.6 Å². The number of aliphatic hydroxyl groups excluding tert-OH is 1. The lowest BCUT2D eigenvalue weighted by Crippen LogP contribution is -2.43. The predicted octanol–water partition coefficient (Wildman–Crippen LogP) is 0.309. The second-order valence-electron chi connectivity index (χ2n) is 3.69. The Hall–Kier alpha value is 0.230. The van der Waals surface area contributed by atoms with Crippen LogP contribution >= 0.6 is 11.8 Å². The Balaban J connectivity index is 2.08. The first-order valence-corrected chi connectivity index (χ1v) is 6.04. The lowest BCUT2D eigenvalue weighted by Gasteiger charge is -2.16. The second-order valence-corrected chi connectivity index (χ2v) is 4.96. The SMILES string of the molecule is NC1CSC(CCCCCO)C1N. The quantitative estimate of drug-likeness (QED) is 0.564. The van der Waals surface area contributed by atoms with Crippen molar-refractivity contribution >= 4 is 11.8 Å². The fourth-order valence-corrected chi connectivity index (χ4v) is 3.09. The summed E-state index contributed by atoms with van der Waals surface area (Å²) in [6, 6.07) is 0.368. The maximum absolute atomic E-state index is 8.60. The third-order valence-electron chi connectivity index (χ3n) is 2.57. The van der Waals surface area contributed by atoms with Crippen molar-refractivity contribution in [2.24, 2.45) is 11.5 Å². The van der Waals surface area contributed by atoms with E-state index in [0.29, 0.717) is 11.9 Å². The molecule has 1 aliphatic heterocycles. The van der Waals surface area contributed by atoms with Gasteiger partial charge in [0.1, 0.15) is 0 Å². The second kappa shape index (κ2) is 5.86. The molecule has 1 aliphatic rings. The van der Waals surface area contributed by atoms with Crippen molar-refractivity contribution in [3.63, 3.8) is 0 Å². The molecule has 78 valence electrons. The molecule has 4 heteroatoms. The number of nitrogens with two attached hydrogens (primary N) is 2. The first kappa shape index (κ1) is 11.3. The van der Waals surface area contributed by atoms with Crippen molar-refractivity contribution in [3.8, 4) is 0 Å². The molecule has 0 bridgehead atoms. The Morgan fingerprint density at radius 1 is 1.23 bits per heavy atom. The zero-order valence-electron chi connectivity index (χ0n) is 7.98. The van der Waals surface area contributed by atoms with Gasteiger partial charge in [0.25, 0.3) is 0 Å². The largest absolute Gasteiger partial charge is 0.396 e. The van der Waals surface area contributed by atoms with Crippen LogP contribution in [-0.4, -0.2) is 34.8 Å². The summed E-state index contributed by atoms with van der Waals surface area (Å²) in [6.45, 7) is 0.309. The van der Waals surface area contributed by atoms with Gasteiger partial charge in [-0.05, 0) is 12.8 Å². The molecular weight excluding hydrogens is 184 g/mol. The molecule has 0 aliphatic carbocycles. The average Bonchev–Trinajstić information content (AvgIpc) is 2.43. The van der Waals surface area contributed by atoms with Gasteiger partial charge in [0.05, 0.1) is 0 Å². The van der Waals surface area contributed by atoms with E-state index in [1.807, 2.05) is 11.8 Å². The Kier molecular flexibility index (Phi) is 5.09. The van der Waals surface area contributed by atoms with E-state index in [1.165, 1.54) is 6.42 Å². The zero-order valence-corrected chi connectivity index (χ0v) is 8.80. The van der Waals surface area contributed by atoms with Crippen LogP contribution in [0.2, 0.25) is 0 Å². The fourth-order valence-electron chi connectivity index (χ4n) is 1.64. The van der Waals surface area contributed by atoms with E-state index in [-0.39, 0.29) is 12.1 Å². The van der Waals surface area contributed by atoms with Crippen LogP contribution in [0.5, 0.6) is 0 Å². The van der Waals surface area contributed by atoms with Crippen LogP contribution in [-0.2, 0) is 0 Å². The molecule has 13 heavy (non-hydrogen) atoms. The van der Waals surface area contributed by atoms with Gasteiger partial charge in [-0.3, -0.25) is 0 Å². The highest BCUT2D eigenvalue weighted by molar-refractivity contribution is 8.00. The van der Waals surface area contributed by atoms with Gasteiger partial charge in [-0.15, -0.1) is 0 Å². The average molecular weight is 204 g/mol. The summed E-state index contributed by atoms with van der Waals surface area (Å²) in [7, 11) is 0. The molecule has 3 nitrogen and oxygen atoms in total.